The summed E-state index contributed by atoms with van der Waals surface area (Å²) in [5.41, 5.74) is -0.457. The smallest absolute Gasteiger partial charge is 0.410 e. The molecule has 2 fully saturated rings. The van der Waals surface area contributed by atoms with Crippen LogP contribution in [0.4, 0.5) is 10.6 Å². The van der Waals surface area contributed by atoms with E-state index in [0.717, 1.165) is 57.7 Å². The molecule has 2 saturated heterocycles. The van der Waals surface area contributed by atoms with Gasteiger partial charge < -0.3 is 24.2 Å². The number of rotatable bonds is 5. The number of carbonyl (C=O) groups excluding carboxylic acids is 1. The molecular formula is C23H37N3O5. The van der Waals surface area contributed by atoms with Crippen molar-refractivity contribution in [2.45, 2.75) is 71.8 Å². The number of carboxylic acid groups (broad SMARTS) is 1. The third-order valence-corrected chi connectivity index (χ3v) is 6.48. The van der Waals surface area contributed by atoms with Crippen LogP contribution in [0.2, 0.25) is 0 Å². The summed E-state index contributed by atoms with van der Waals surface area (Å²) in [7, 11) is 0. The van der Waals surface area contributed by atoms with Crippen LogP contribution in [0.25, 0.3) is 0 Å². The van der Waals surface area contributed by atoms with Crippen LogP contribution in [-0.4, -0.2) is 59.0 Å². The Morgan fingerprint density at radius 3 is 2.13 bits per heavy atom. The summed E-state index contributed by atoms with van der Waals surface area (Å²) < 4.78 is 10.9. The van der Waals surface area contributed by atoms with Crippen molar-refractivity contribution in [1.82, 2.24) is 10.1 Å². The fourth-order valence-electron chi connectivity index (χ4n) is 4.79. The first-order valence-corrected chi connectivity index (χ1v) is 11.5. The molecule has 8 heteroatoms. The van der Waals surface area contributed by atoms with E-state index in [2.05, 4.69) is 10.1 Å². The van der Waals surface area contributed by atoms with Gasteiger partial charge in [0.15, 0.2) is 11.6 Å². The van der Waals surface area contributed by atoms with Gasteiger partial charge in [-0.3, -0.25) is 4.79 Å². The number of hydrogen-bond acceptors (Lipinski definition) is 6. The molecule has 0 radical (unpaired) electrons. The van der Waals surface area contributed by atoms with E-state index in [4.69, 9.17) is 9.26 Å². The van der Waals surface area contributed by atoms with Crippen molar-refractivity contribution < 1.29 is 24.0 Å². The fourth-order valence-corrected chi connectivity index (χ4v) is 4.79. The molecule has 1 atom stereocenters. The van der Waals surface area contributed by atoms with Crippen molar-refractivity contribution in [1.29, 1.82) is 0 Å². The Morgan fingerprint density at radius 2 is 1.65 bits per heavy atom. The summed E-state index contributed by atoms with van der Waals surface area (Å²) in [6.07, 6.45) is 3.99. The Kier molecular flexibility index (Phi) is 7.17. The van der Waals surface area contributed by atoms with E-state index in [1.807, 2.05) is 39.5 Å². The van der Waals surface area contributed by atoms with Gasteiger partial charge in [0.25, 0.3) is 0 Å². The maximum atomic E-state index is 12.3. The summed E-state index contributed by atoms with van der Waals surface area (Å²) in [6, 6.07) is 1.79. The Balaban J connectivity index is 1.49. The van der Waals surface area contributed by atoms with E-state index < -0.39 is 17.5 Å². The highest BCUT2D eigenvalue weighted by atomic mass is 16.6. The Labute approximate surface area is 184 Å². The van der Waals surface area contributed by atoms with Crippen molar-refractivity contribution >= 4 is 17.9 Å². The van der Waals surface area contributed by atoms with E-state index in [1.165, 1.54) is 0 Å². The number of piperidine rings is 2. The van der Waals surface area contributed by atoms with Crippen LogP contribution in [0.1, 0.15) is 72.0 Å². The number of carbonyl (C=O) groups is 2. The molecule has 3 rings (SSSR count). The van der Waals surface area contributed by atoms with Crippen molar-refractivity contribution in [3.63, 3.8) is 0 Å². The molecule has 2 aliphatic heterocycles. The zero-order chi connectivity index (χ0) is 22.8. The average Bonchev–Trinajstić information content (AvgIpc) is 3.16. The van der Waals surface area contributed by atoms with Crippen LogP contribution in [-0.2, 0) is 9.53 Å². The lowest BCUT2D eigenvalue weighted by molar-refractivity contribution is -0.140. The van der Waals surface area contributed by atoms with Gasteiger partial charge >= 0.3 is 12.1 Å². The SMILES string of the molecule is CC(C)C(C(=O)O)c1cc(N2CCC(C3CCN(C(=O)OC(C)(C)C)CC3)CC2)no1. The number of aromatic nitrogens is 1. The molecule has 0 spiro atoms. The second-order valence-electron chi connectivity index (χ2n) is 10.3. The Morgan fingerprint density at radius 1 is 1.10 bits per heavy atom. The third kappa shape index (κ3) is 5.92. The molecule has 1 amide bonds. The fraction of sp³-hybridized carbons (Fsp3) is 0.783. The van der Waals surface area contributed by atoms with Crippen LogP contribution in [0.5, 0.6) is 0 Å². The zero-order valence-electron chi connectivity index (χ0n) is 19.5. The summed E-state index contributed by atoms with van der Waals surface area (Å²) in [5, 5.41) is 13.6. The highest BCUT2D eigenvalue weighted by Crippen LogP contribution is 2.35. The van der Waals surface area contributed by atoms with E-state index in [0.29, 0.717) is 17.6 Å². The highest BCUT2D eigenvalue weighted by molar-refractivity contribution is 5.75. The van der Waals surface area contributed by atoms with Gasteiger partial charge in [-0.05, 0) is 64.2 Å². The minimum absolute atomic E-state index is 0.0596. The minimum atomic E-state index is -0.880. The van der Waals surface area contributed by atoms with Gasteiger partial charge in [0.2, 0.25) is 0 Å². The van der Waals surface area contributed by atoms with Crippen LogP contribution in [0, 0.1) is 17.8 Å². The quantitative estimate of drug-likeness (QED) is 0.734. The molecular weight excluding hydrogens is 398 g/mol. The predicted molar refractivity (Wildman–Crippen MR) is 117 cm³/mol. The zero-order valence-corrected chi connectivity index (χ0v) is 19.5. The number of carboxylic acids is 1. The standard InChI is InChI=1S/C23H37N3O5/c1-15(2)20(21(27)28)18-14-19(24-31-18)25-10-6-16(7-11-25)17-8-12-26(13-9-17)22(29)30-23(3,4)5/h14-17,20H,6-13H2,1-5H3,(H,27,28). The van der Waals surface area contributed by atoms with Crippen molar-refractivity contribution in [2.24, 2.45) is 17.8 Å². The molecule has 2 aliphatic rings. The first kappa shape index (κ1) is 23.4. The Hall–Kier alpha value is -2.25. The van der Waals surface area contributed by atoms with Crippen molar-refractivity contribution in [3.05, 3.63) is 11.8 Å². The molecule has 8 nitrogen and oxygen atoms in total. The number of ether oxygens (including phenoxy) is 1. The predicted octanol–water partition coefficient (Wildman–Crippen LogP) is 4.36. The number of anilines is 1. The van der Waals surface area contributed by atoms with Crippen LogP contribution in [0.15, 0.2) is 10.6 Å². The van der Waals surface area contributed by atoms with E-state index in [9.17, 15) is 14.7 Å². The average molecular weight is 436 g/mol. The number of nitrogens with zero attached hydrogens (tertiary/aromatic N) is 3. The second-order valence-corrected chi connectivity index (χ2v) is 10.3. The molecule has 1 unspecified atom stereocenters. The summed E-state index contributed by atoms with van der Waals surface area (Å²) in [4.78, 5) is 27.8. The lowest BCUT2D eigenvalue weighted by Gasteiger charge is -2.40. The molecule has 3 heterocycles. The van der Waals surface area contributed by atoms with Crippen LogP contribution >= 0.6 is 0 Å². The maximum Gasteiger partial charge on any atom is 0.410 e. The molecule has 0 aliphatic carbocycles. The Bertz CT molecular complexity index is 754. The highest BCUT2D eigenvalue weighted by Gasteiger charge is 2.34. The van der Waals surface area contributed by atoms with Gasteiger partial charge in [-0.15, -0.1) is 0 Å². The monoisotopic (exact) mass is 435 g/mol. The number of amides is 1. The maximum absolute atomic E-state index is 12.3. The topological polar surface area (TPSA) is 96.1 Å². The normalized spacial score (nSPS) is 20.2. The number of likely N-dealkylation sites (tertiary alicyclic amines) is 1. The molecule has 0 bridgehead atoms. The van der Waals surface area contributed by atoms with Crippen LogP contribution in [0.3, 0.4) is 0 Å². The van der Waals surface area contributed by atoms with Crippen molar-refractivity contribution in [3.8, 4) is 0 Å². The van der Waals surface area contributed by atoms with Gasteiger partial charge in [-0.25, -0.2) is 4.79 Å². The van der Waals surface area contributed by atoms with E-state index >= 15 is 0 Å². The van der Waals surface area contributed by atoms with Gasteiger partial charge in [0.1, 0.15) is 11.5 Å². The van der Waals surface area contributed by atoms with Gasteiger partial charge in [0.05, 0.1) is 0 Å². The van der Waals surface area contributed by atoms with Crippen molar-refractivity contribution in [2.75, 3.05) is 31.1 Å². The molecule has 0 aromatic carbocycles. The first-order chi connectivity index (χ1) is 14.5. The van der Waals surface area contributed by atoms with E-state index in [-0.39, 0.29) is 12.0 Å². The van der Waals surface area contributed by atoms with Gasteiger partial charge in [0, 0.05) is 32.2 Å². The minimum Gasteiger partial charge on any atom is -0.481 e. The molecule has 1 aromatic rings. The van der Waals surface area contributed by atoms with E-state index in [1.54, 1.807) is 6.07 Å². The third-order valence-electron chi connectivity index (χ3n) is 6.48. The summed E-state index contributed by atoms with van der Waals surface area (Å²) >= 11 is 0. The number of aliphatic carboxylic acids is 1. The number of hydrogen-bond donors (Lipinski definition) is 1. The largest absolute Gasteiger partial charge is 0.481 e. The molecule has 174 valence electrons. The van der Waals surface area contributed by atoms with Gasteiger partial charge in [-0.2, -0.15) is 0 Å². The van der Waals surface area contributed by atoms with Gasteiger partial charge in [-0.1, -0.05) is 19.0 Å². The molecule has 1 aromatic heterocycles. The lowest BCUT2D eigenvalue weighted by Crippen LogP contribution is -2.44. The molecule has 1 N–H and O–H groups in total. The second kappa shape index (κ2) is 9.49. The summed E-state index contributed by atoms with van der Waals surface area (Å²) in [6.45, 7) is 12.7. The first-order valence-electron chi connectivity index (χ1n) is 11.5. The molecule has 0 saturated carbocycles. The summed E-state index contributed by atoms with van der Waals surface area (Å²) in [5.74, 6) is 0.824. The molecule has 31 heavy (non-hydrogen) atoms. The lowest BCUT2D eigenvalue weighted by atomic mass is 9.79. The van der Waals surface area contributed by atoms with Crippen LogP contribution < -0.4 is 4.90 Å².